The molecule has 0 amide bonds. The van der Waals surface area contributed by atoms with E-state index < -0.39 is 6.10 Å². The smallest absolute Gasteiger partial charge is 0.142 e. The fourth-order valence-corrected chi connectivity index (χ4v) is 1.80. The third-order valence-electron chi connectivity index (χ3n) is 2.74. The third kappa shape index (κ3) is 2.31. The van der Waals surface area contributed by atoms with E-state index >= 15 is 0 Å². The van der Waals surface area contributed by atoms with Gasteiger partial charge in [0.25, 0.3) is 0 Å². The van der Waals surface area contributed by atoms with Crippen molar-refractivity contribution >= 4 is 0 Å². The molecule has 0 aliphatic rings. The number of imidazole rings is 1. The van der Waals surface area contributed by atoms with E-state index in [0.29, 0.717) is 5.82 Å². The lowest BCUT2D eigenvalue weighted by Crippen LogP contribution is -2.08. The Balaban J connectivity index is 2.33. The second-order valence-electron chi connectivity index (χ2n) is 3.75. The summed E-state index contributed by atoms with van der Waals surface area (Å²) in [7, 11) is 1.61. The van der Waals surface area contributed by atoms with E-state index in [2.05, 4.69) is 4.98 Å². The van der Waals surface area contributed by atoms with Gasteiger partial charge in [0, 0.05) is 18.9 Å². The van der Waals surface area contributed by atoms with Gasteiger partial charge in [-0.25, -0.2) is 4.98 Å². The van der Waals surface area contributed by atoms with Gasteiger partial charge in [-0.3, -0.25) is 0 Å². The van der Waals surface area contributed by atoms with Crippen molar-refractivity contribution in [1.29, 1.82) is 0 Å². The van der Waals surface area contributed by atoms with Crippen LogP contribution in [0.3, 0.4) is 0 Å². The maximum Gasteiger partial charge on any atom is 0.142 e. The molecule has 1 heterocycles. The quantitative estimate of drug-likeness (QED) is 0.877. The van der Waals surface area contributed by atoms with Crippen LogP contribution in [0.2, 0.25) is 0 Å². The zero-order valence-corrected chi connectivity index (χ0v) is 10.00. The predicted molar refractivity (Wildman–Crippen MR) is 65.0 cm³/mol. The Kier molecular flexibility index (Phi) is 3.44. The van der Waals surface area contributed by atoms with Crippen LogP contribution >= 0.6 is 0 Å². The van der Waals surface area contributed by atoms with Crippen LogP contribution in [0, 0.1) is 0 Å². The number of ether oxygens (including phenoxy) is 1. The van der Waals surface area contributed by atoms with Crippen molar-refractivity contribution in [2.75, 3.05) is 7.11 Å². The molecular formula is C13H16N2O2. The maximum atomic E-state index is 10.3. The molecule has 1 aromatic heterocycles. The van der Waals surface area contributed by atoms with Gasteiger partial charge in [0.2, 0.25) is 0 Å². The van der Waals surface area contributed by atoms with Gasteiger partial charge in [0.05, 0.1) is 7.11 Å². The van der Waals surface area contributed by atoms with Gasteiger partial charge in [-0.15, -0.1) is 0 Å². The Morgan fingerprint density at radius 1 is 1.47 bits per heavy atom. The number of hydrogen-bond donors (Lipinski definition) is 1. The van der Waals surface area contributed by atoms with Crippen molar-refractivity contribution in [3.05, 3.63) is 48.0 Å². The molecule has 1 N–H and O–H groups in total. The number of methoxy groups -OCH3 is 1. The number of rotatable bonds is 4. The van der Waals surface area contributed by atoms with Gasteiger partial charge in [-0.2, -0.15) is 0 Å². The maximum absolute atomic E-state index is 10.3. The first-order valence-electron chi connectivity index (χ1n) is 5.59. The highest BCUT2D eigenvalue weighted by atomic mass is 16.5. The number of nitrogens with zero attached hydrogens (tertiary/aromatic N) is 2. The Bertz CT molecular complexity index is 494. The first kappa shape index (κ1) is 11.7. The predicted octanol–water partition coefficient (Wildman–Crippen LogP) is 1.99. The monoisotopic (exact) mass is 232 g/mol. The molecule has 17 heavy (non-hydrogen) atoms. The molecular weight excluding hydrogens is 216 g/mol. The van der Waals surface area contributed by atoms with Gasteiger partial charge < -0.3 is 14.4 Å². The van der Waals surface area contributed by atoms with Crippen LogP contribution in [0.5, 0.6) is 5.75 Å². The minimum absolute atomic E-state index is 0.653. The highest BCUT2D eigenvalue weighted by Gasteiger charge is 2.15. The number of aliphatic hydroxyl groups excluding tert-OH is 1. The lowest BCUT2D eigenvalue weighted by Gasteiger charge is -2.13. The van der Waals surface area contributed by atoms with E-state index in [-0.39, 0.29) is 0 Å². The molecule has 0 saturated heterocycles. The van der Waals surface area contributed by atoms with Crippen molar-refractivity contribution in [3.63, 3.8) is 0 Å². The first-order chi connectivity index (χ1) is 8.26. The molecule has 0 spiro atoms. The number of aryl methyl sites for hydroxylation is 1. The first-order valence-corrected chi connectivity index (χ1v) is 5.59. The third-order valence-corrected chi connectivity index (χ3v) is 2.74. The van der Waals surface area contributed by atoms with Gasteiger partial charge in [-0.05, 0) is 24.6 Å². The molecule has 0 aliphatic heterocycles. The zero-order chi connectivity index (χ0) is 12.3. The Morgan fingerprint density at radius 2 is 2.29 bits per heavy atom. The molecule has 1 atom stereocenters. The van der Waals surface area contributed by atoms with Crippen molar-refractivity contribution in [2.24, 2.45) is 0 Å². The number of aliphatic hydroxyl groups is 1. The van der Waals surface area contributed by atoms with Crippen molar-refractivity contribution < 1.29 is 9.84 Å². The molecule has 4 nitrogen and oxygen atoms in total. The highest BCUT2D eigenvalue weighted by molar-refractivity contribution is 5.32. The van der Waals surface area contributed by atoms with Crippen LogP contribution < -0.4 is 4.74 Å². The van der Waals surface area contributed by atoms with E-state index in [1.54, 1.807) is 13.3 Å². The molecule has 0 saturated carbocycles. The second-order valence-corrected chi connectivity index (χ2v) is 3.75. The van der Waals surface area contributed by atoms with Crippen molar-refractivity contribution in [2.45, 2.75) is 19.6 Å². The second kappa shape index (κ2) is 5.01. The molecule has 1 aromatic carbocycles. The summed E-state index contributed by atoms with van der Waals surface area (Å²) < 4.78 is 7.06. The molecule has 0 unspecified atom stereocenters. The number of hydrogen-bond acceptors (Lipinski definition) is 3. The summed E-state index contributed by atoms with van der Waals surface area (Å²) in [5.41, 5.74) is 0.783. The van der Waals surface area contributed by atoms with Crippen molar-refractivity contribution in [3.8, 4) is 5.75 Å². The van der Waals surface area contributed by atoms with Crippen LogP contribution in [0.25, 0.3) is 0 Å². The van der Waals surface area contributed by atoms with Crippen molar-refractivity contribution in [1.82, 2.24) is 9.55 Å². The Labute approximate surface area is 100 Å². The summed E-state index contributed by atoms with van der Waals surface area (Å²) in [6, 6.07) is 7.39. The highest BCUT2D eigenvalue weighted by Crippen LogP contribution is 2.23. The largest absolute Gasteiger partial charge is 0.497 e. The van der Waals surface area contributed by atoms with Crippen LogP contribution in [-0.4, -0.2) is 21.8 Å². The topological polar surface area (TPSA) is 47.3 Å². The summed E-state index contributed by atoms with van der Waals surface area (Å²) in [6.45, 7) is 2.81. The lowest BCUT2D eigenvalue weighted by atomic mass is 10.1. The minimum atomic E-state index is -0.722. The average Bonchev–Trinajstić information content (AvgIpc) is 2.86. The molecule has 0 bridgehead atoms. The molecule has 0 fully saturated rings. The fraction of sp³-hybridized carbons (Fsp3) is 0.308. The molecule has 2 aromatic rings. The van der Waals surface area contributed by atoms with E-state index in [0.717, 1.165) is 17.9 Å². The van der Waals surface area contributed by atoms with E-state index in [1.807, 2.05) is 42.0 Å². The van der Waals surface area contributed by atoms with E-state index in [4.69, 9.17) is 4.74 Å². The van der Waals surface area contributed by atoms with Crippen LogP contribution in [-0.2, 0) is 6.54 Å². The van der Waals surface area contributed by atoms with E-state index in [9.17, 15) is 5.11 Å². The minimum Gasteiger partial charge on any atom is -0.497 e. The van der Waals surface area contributed by atoms with Gasteiger partial charge in [0.1, 0.15) is 17.7 Å². The van der Waals surface area contributed by atoms with Crippen LogP contribution in [0.1, 0.15) is 24.4 Å². The van der Waals surface area contributed by atoms with E-state index in [1.165, 1.54) is 0 Å². The Hall–Kier alpha value is -1.81. The lowest BCUT2D eigenvalue weighted by molar-refractivity contribution is 0.204. The molecule has 0 aliphatic carbocycles. The SMILES string of the molecule is CCn1ccnc1[C@H](O)c1cccc(OC)c1. The normalized spacial score (nSPS) is 12.4. The molecule has 90 valence electrons. The molecule has 2 rings (SSSR count). The van der Waals surface area contributed by atoms with Crippen LogP contribution in [0.15, 0.2) is 36.7 Å². The van der Waals surface area contributed by atoms with Gasteiger partial charge in [0.15, 0.2) is 0 Å². The fourth-order valence-electron chi connectivity index (χ4n) is 1.80. The summed E-state index contributed by atoms with van der Waals surface area (Å²) in [6.07, 6.45) is 2.83. The van der Waals surface area contributed by atoms with Gasteiger partial charge in [-0.1, -0.05) is 12.1 Å². The standard InChI is InChI=1S/C13H16N2O2/c1-3-15-8-7-14-13(15)12(16)10-5-4-6-11(9-10)17-2/h4-9,12,16H,3H2,1-2H3/t12-/m1/s1. The summed E-state index contributed by atoms with van der Waals surface area (Å²) in [5, 5.41) is 10.3. The average molecular weight is 232 g/mol. The summed E-state index contributed by atoms with van der Waals surface area (Å²) in [4.78, 5) is 4.19. The molecule has 4 heteroatoms. The van der Waals surface area contributed by atoms with Crippen LogP contribution in [0.4, 0.5) is 0 Å². The number of aromatic nitrogens is 2. The summed E-state index contributed by atoms with van der Waals surface area (Å²) >= 11 is 0. The summed E-state index contributed by atoms with van der Waals surface area (Å²) in [5.74, 6) is 1.39. The number of benzene rings is 1. The Morgan fingerprint density at radius 3 is 3.00 bits per heavy atom. The zero-order valence-electron chi connectivity index (χ0n) is 10.00. The van der Waals surface area contributed by atoms with Gasteiger partial charge >= 0.3 is 0 Å². The molecule has 0 radical (unpaired) electrons.